The lowest BCUT2D eigenvalue weighted by Crippen LogP contribution is -2.29. The van der Waals surface area contributed by atoms with E-state index < -0.39 is 10.0 Å². The number of sulfonamides is 1. The average Bonchev–Trinajstić information content (AvgIpc) is 2.85. The van der Waals surface area contributed by atoms with Gasteiger partial charge in [0.1, 0.15) is 12.4 Å². The Labute approximate surface area is 128 Å². The molecule has 1 N–H and O–H groups in total. The topological polar surface area (TPSA) is 55.4 Å². The Morgan fingerprint density at radius 1 is 1.24 bits per heavy atom. The maximum Gasteiger partial charge on any atom is 0.241 e. The van der Waals surface area contributed by atoms with Crippen LogP contribution in [-0.4, -0.2) is 15.0 Å². The van der Waals surface area contributed by atoms with Crippen molar-refractivity contribution in [1.82, 2.24) is 4.72 Å². The normalized spacial score (nSPS) is 17.3. The number of aryl methyl sites for hydroxylation is 1. The van der Waals surface area contributed by atoms with E-state index in [4.69, 9.17) is 16.3 Å². The maximum atomic E-state index is 12.4. The number of rotatable bonds is 3. The summed E-state index contributed by atoms with van der Waals surface area (Å²) in [6.07, 6.45) is 0. The van der Waals surface area contributed by atoms with E-state index in [9.17, 15) is 8.42 Å². The summed E-state index contributed by atoms with van der Waals surface area (Å²) < 4.78 is 33.0. The molecule has 1 aliphatic heterocycles. The van der Waals surface area contributed by atoms with Gasteiger partial charge in [-0.3, -0.25) is 0 Å². The molecule has 2 aromatic rings. The molecule has 0 fully saturated rings. The number of halogens is 1. The minimum Gasteiger partial charge on any atom is -0.491 e. The van der Waals surface area contributed by atoms with Gasteiger partial charge in [-0.1, -0.05) is 35.9 Å². The molecule has 0 spiro atoms. The SMILES string of the molecule is Cc1ccc(S(=O)(=O)NC2COc3ccccc32)cc1Cl. The molecule has 0 aromatic heterocycles. The largest absolute Gasteiger partial charge is 0.491 e. The zero-order chi connectivity index (χ0) is 15.0. The van der Waals surface area contributed by atoms with Crippen molar-refractivity contribution < 1.29 is 13.2 Å². The number of fused-ring (bicyclic) bond motifs is 1. The van der Waals surface area contributed by atoms with Gasteiger partial charge in [-0.05, 0) is 30.7 Å². The summed E-state index contributed by atoms with van der Waals surface area (Å²) in [6.45, 7) is 2.12. The maximum absolute atomic E-state index is 12.4. The van der Waals surface area contributed by atoms with E-state index in [2.05, 4.69) is 4.72 Å². The Morgan fingerprint density at radius 3 is 2.76 bits per heavy atom. The highest BCUT2D eigenvalue weighted by Gasteiger charge is 2.28. The number of nitrogens with one attached hydrogen (secondary N) is 1. The standard InChI is InChI=1S/C15H14ClNO3S/c1-10-6-7-11(8-13(10)16)21(18,19)17-14-9-20-15-5-3-2-4-12(14)15/h2-8,14,17H,9H2,1H3. The van der Waals surface area contributed by atoms with Crippen LogP contribution in [0.5, 0.6) is 5.75 Å². The van der Waals surface area contributed by atoms with Gasteiger partial charge in [0.05, 0.1) is 10.9 Å². The first-order chi connectivity index (χ1) is 9.97. The monoisotopic (exact) mass is 323 g/mol. The van der Waals surface area contributed by atoms with Crippen molar-refractivity contribution in [2.45, 2.75) is 17.9 Å². The Hall–Kier alpha value is -1.56. The summed E-state index contributed by atoms with van der Waals surface area (Å²) in [6, 6.07) is 11.7. The molecule has 21 heavy (non-hydrogen) atoms. The van der Waals surface area contributed by atoms with Crippen molar-refractivity contribution in [2.75, 3.05) is 6.61 Å². The Balaban J connectivity index is 1.89. The summed E-state index contributed by atoms with van der Waals surface area (Å²) in [5.74, 6) is 0.715. The first kappa shape index (κ1) is 14.4. The number of benzene rings is 2. The molecule has 0 aliphatic carbocycles. The first-order valence-electron chi connectivity index (χ1n) is 6.47. The summed E-state index contributed by atoms with van der Waals surface area (Å²) in [7, 11) is -3.64. The number of hydrogen-bond acceptors (Lipinski definition) is 3. The van der Waals surface area contributed by atoms with Crippen LogP contribution < -0.4 is 9.46 Å². The van der Waals surface area contributed by atoms with Crippen LogP contribution in [-0.2, 0) is 10.0 Å². The van der Waals surface area contributed by atoms with Crippen LogP contribution in [0.25, 0.3) is 0 Å². The summed E-state index contributed by atoms with van der Waals surface area (Å²) in [5.41, 5.74) is 1.68. The van der Waals surface area contributed by atoms with Gasteiger partial charge < -0.3 is 4.74 Å². The van der Waals surface area contributed by atoms with Crippen LogP contribution in [0.1, 0.15) is 17.2 Å². The Morgan fingerprint density at radius 2 is 2.00 bits per heavy atom. The van der Waals surface area contributed by atoms with Gasteiger partial charge >= 0.3 is 0 Å². The summed E-state index contributed by atoms with van der Waals surface area (Å²) in [4.78, 5) is 0.155. The molecule has 110 valence electrons. The van der Waals surface area contributed by atoms with Crippen molar-refractivity contribution >= 4 is 21.6 Å². The van der Waals surface area contributed by atoms with E-state index in [0.29, 0.717) is 10.8 Å². The second kappa shape index (κ2) is 5.33. The van der Waals surface area contributed by atoms with Crippen LogP contribution in [0.2, 0.25) is 5.02 Å². The predicted octanol–water partition coefficient (Wildman–Crippen LogP) is 3.06. The van der Waals surface area contributed by atoms with Crippen LogP contribution in [0, 0.1) is 6.92 Å². The Bertz CT molecular complexity index is 789. The third-order valence-electron chi connectivity index (χ3n) is 3.45. The average molecular weight is 324 g/mol. The van der Waals surface area contributed by atoms with Crippen molar-refractivity contribution in [3.8, 4) is 5.75 Å². The molecular weight excluding hydrogens is 310 g/mol. The van der Waals surface area contributed by atoms with Crippen LogP contribution in [0.3, 0.4) is 0 Å². The van der Waals surface area contributed by atoms with Gasteiger partial charge in [0.25, 0.3) is 0 Å². The summed E-state index contributed by atoms with van der Waals surface area (Å²) >= 11 is 6.00. The lowest BCUT2D eigenvalue weighted by Gasteiger charge is -2.13. The van der Waals surface area contributed by atoms with Crippen molar-refractivity contribution in [2.24, 2.45) is 0 Å². The molecule has 0 radical (unpaired) electrons. The molecule has 0 amide bonds. The fourth-order valence-corrected chi connectivity index (χ4v) is 3.73. The number of para-hydroxylation sites is 1. The molecule has 0 bridgehead atoms. The van der Waals surface area contributed by atoms with Gasteiger partial charge in [-0.2, -0.15) is 0 Å². The van der Waals surface area contributed by atoms with Crippen LogP contribution in [0.15, 0.2) is 47.4 Å². The van der Waals surface area contributed by atoms with Crippen molar-refractivity contribution in [1.29, 1.82) is 0 Å². The van der Waals surface area contributed by atoms with Crippen LogP contribution >= 0.6 is 11.6 Å². The van der Waals surface area contributed by atoms with Gasteiger partial charge in [0.2, 0.25) is 10.0 Å². The second-order valence-electron chi connectivity index (χ2n) is 4.93. The zero-order valence-corrected chi connectivity index (χ0v) is 12.9. The number of hydrogen-bond donors (Lipinski definition) is 1. The predicted molar refractivity (Wildman–Crippen MR) is 81.2 cm³/mol. The summed E-state index contributed by atoms with van der Waals surface area (Å²) in [5, 5.41) is 0.431. The van der Waals surface area contributed by atoms with E-state index in [1.54, 1.807) is 12.1 Å². The molecule has 3 rings (SSSR count). The van der Waals surface area contributed by atoms with E-state index in [0.717, 1.165) is 11.1 Å². The van der Waals surface area contributed by atoms with Crippen molar-refractivity contribution in [3.63, 3.8) is 0 Å². The second-order valence-corrected chi connectivity index (χ2v) is 7.05. The molecule has 2 aromatic carbocycles. The quantitative estimate of drug-likeness (QED) is 0.944. The fraction of sp³-hybridized carbons (Fsp3) is 0.200. The molecule has 0 saturated heterocycles. The van der Waals surface area contributed by atoms with E-state index in [-0.39, 0.29) is 17.5 Å². The van der Waals surface area contributed by atoms with E-state index in [1.807, 2.05) is 31.2 Å². The van der Waals surface area contributed by atoms with Gasteiger partial charge in [-0.15, -0.1) is 0 Å². The highest BCUT2D eigenvalue weighted by Crippen LogP contribution is 2.33. The van der Waals surface area contributed by atoms with Gasteiger partial charge in [-0.25, -0.2) is 13.1 Å². The molecule has 1 heterocycles. The lowest BCUT2D eigenvalue weighted by molar-refractivity contribution is 0.325. The number of ether oxygens (including phenoxy) is 1. The highest BCUT2D eigenvalue weighted by atomic mass is 35.5. The lowest BCUT2D eigenvalue weighted by atomic mass is 10.1. The van der Waals surface area contributed by atoms with E-state index in [1.165, 1.54) is 6.07 Å². The minimum absolute atomic E-state index is 0.155. The molecule has 6 heteroatoms. The van der Waals surface area contributed by atoms with Crippen LogP contribution in [0.4, 0.5) is 0 Å². The van der Waals surface area contributed by atoms with Gasteiger partial charge in [0, 0.05) is 10.6 Å². The first-order valence-corrected chi connectivity index (χ1v) is 8.34. The minimum atomic E-state index is -3.64. The van der Waals surface area contributed by atoms with E-state index >= 15 is 0 Å². The molecule has 1 atom stereocenters. The third-order valence-corrected chi connectivity index (χ3v) is 5.33. The fourth-order valence-electron chi connectivity index (χ4n) is 2.26. The highest BCUT2D eigenvalue weighted by molar-refractivity contribution is 7.89. The third kappa shape index (κ3) is 2.77. The molecule has 1 unspecified atom stereocenters. The smallest absolute Gasteiger partial charge is 0.241 e. The Kier molecular flexibility index (Phi) is 3.65. The zero-order valence-electron chi connectivity index (χ0n) is 11.3. The van der Waals surface area contributed by atoms with Crippen molar-refractivity contribution in [3.05, 3.63) is 58.6 Å². The molecule has 0 saturated carbocycles. The van der Waals surface area contributed by atoms with Gasteiger partial charge in [0.15, 0.2) is 0 Å². The molecular formula is C15H14ClNO3S. The molecule has 1 aliphatic rings. The molecule has 4 nitrogen and oxygen atoms in total.